The smallest absolute Gasteiger partial charge is 0.240 e. The van der Waals surface area contributed by atoms with Gasteiger partial charge in [0.25, 0.3) is 0 Å². The van der Waals surface area contributed by atoms with Crippen LogP contribution in [0.15, 0.2) is 36.4 Å². The van der Waals surface area contributed by atoms with Crippen LogP contribution in [-0.4, -0.2) is 34.7 Å². The van der Waals surface area contributed by atoms with Crippen LogP contribution in [0.3, 0.4) is 0 Å². The van der Waals surface area contributed by atoms with Gasteiger partial charge in [-0.1, -0.05) is 37.6 Å². The highest BCUT2D eigenvalue weighted by atomic mass is 16.5. The van der Waals surface area contributed by atoms with Gasteiger partial charge in [0.1, 0.15) is 0 Å². The maximum absolute atomic E-state index is 13.7. The zero-order valence-electron chi connectivity index (χ0n) is 16.9. The van der Waals surface area contributed by atoms with Gasteiger partial charge in [-0.25, -0.2) is 4.90 Å². The predicted octanol–water partition coefficient (Wildman–Crippen LogP) is 3.30. The third kappa shape index (κ3) is 2.31. The van der Waals surface area contributed by atoms with Gasteiger partial charge in [-0.15, -0.1) is 0 Å². The van der Waals surface area contributed by atoms with E-state index in [2.05, 4.69) is 13.0 Å². The van der Waals surface area contributed by atoms with E-state index in [1.165, 1.54) is 4.90 Å². The van der Waals surface area contributed by atoms with Crippen molar-refractivity contribution in [1.29, 1.82) is 5.26 Å². The van der Waals surface area contributed by atoms with E-state index in [1.54, 1.807) is 12.1 Å². The Labute approximate surface area is 175 Å². The fourth-order valence-corrected chi connectivity index (χ4v) is 6.19. The number of aliphatic hydroxyl groups is 1. The Hall–Kier alpha value is -2.75. The first-order valence-electron chi connectivity index (χ1n) is 10.6. The molecule has 0 radical (unpaired) electrons. The van der Waals surface area contributed by atoms with E-state index in [9.17, 15) is 20.0 Å². The summed E-state index contributed by atoms with van der Waals surface area (Å²) in [5.74, 6) is -1.54. The summed E-state index contributed by atoms with van der Waals surface area (Å²) in [6.45, 7) is 1.98. The summed E-state index contributed by atoms with van der Waals surface area (Å²) in [7, 11) is 0. The molecule has 0 aliphatic carbocycles. The molecule has 3 fully saturated rings. The van der Waals surface area contributed by atoms with Gasteiger partial charge in [0, 0.05) is 23.8 Å². The molecule has 6 nitrogen and oxygen atoms in total. The second-order valence-corrected chi connectivity index (χ2v) is 8.71. The Kier molecular flexibility index (Phi) is 4.25. The van der Waals surface area contributed by atoms with Crippen LogP contribution in [0.25, 0.3) is 10.8 Å². The Morgan fingerprint density at radius 3 is 2.30 bits per heavy atom. The molecule has 2 amide bonds. The maximum atomic E-state index is 13.7. The molecule has 2 aromatic carbocycles. The third-order valence-electron chi connectivity index (χ3n) is 7.29. The molecule has 30 heavy (non-hydrogen) atoms. The minimum absolute atomic E-state index is 0.0767. The maximum Gasteiger partial charge on any atom is 0.240 e. The van der Waals surface area contributed by atoms with E-state index in [-0.39, 0.29) is 18.4 Å². The van der Waals surface area contributed by atoms with Crippen molar-refractivity contribution in [3.63, 3.8) is 0 Å². The van der Waals surface area contributed by atoms with Crippen molar-refractivity contribution in [2.45, 2.75) is 50.2 Å². The van der Waals surface area contributed by atoms with Gasteiger partial charge in [0.2, 0.25) is 11.8 Å². The number of anilines is 1. The number of fused-ring (bicyclic) bond motifs is 6. The van der Waals surface area contributed by atoms with Gasteiger partial charge in [-0.3, -0.25) is 9.59 Å². The lowest BCUT2D eigenvalue weighted by molar-refractivity contribution is -0.132. The Bertz CT molecular complexity index is 1070. The van der Waals surface area contributed by atoms with E-state index < -0.39 is 23.0 Å². The molecule has 154 valence electrons. The minimum atomic E-state index is -0.765. The standard InChI is InChI=1S/C24H24N2O4/c1-2-9-23-10-11-24(30-23,12-13-27)20-19(23)21(28)26(22(20)29)18-8-7-15(14-25)16-5-3-4-6-17(16)18/h3-8,19-20,27H,2,9-13H2,1H3/t19-,20+,23?,24?/m0/s1. The molecule has 4 atom stereocenters. The van der Waals surface area contributed by atoms with E-state index >= 15 is 0 Å². The fourth-order valence-electron chi connectivity index (χ4n) is 6.19. The molecule has 2 bridgehead atoms. The summed E-state index contributed by atoms with van der Waals surface area (Å²) in [6, 6.07) is 12.9. The molecule has 3 aliphatic heterocycles. The lowest BCUT2D eigenvalue weighted by Crippen LogP contribution is -2.43. The predicted molar refractivity (Wildman–Crippen MR) is 111 cm³/mol. The second-order valence-electron chi connectivity index (χ2n) is 8.71. The number of imide groups is 1. The molecule has 2 unspecified atom stereocenters. The highest BCUT2D eigenvalue weighted by Gasteiger charge is 2.74. The monoisotopic (exact) mass is 404 g/mol. The van der Waals surface area contributed by atoms with Crippen LogP contribution in [0, 0.1) is 23.2 Å². The lowest BCUT2D eigenvalue weighted by Gasteiger charge is -2.31. The topological polar surface area (TPSA) is 90.6 Å². The van der Waals surface area contributed by atoms with E-state index in [4.69, 9.17) is 4.74 Å². The number of aliphatic hydroxyl groups excluding tert-OH is 1. The molecule has 3 saturated heterocycles. The highest BCUT2D eigenvalue weighted by molar-refractivity contribution is 6.26. The fraction of sp³-hybridized carbons (Fsp3) is 0.458. The highest BCUT2D eigenvalue weighted by Crippen LogP contribution is 2.64. The molecule has 1 N–H and O–H groups in total. The van der Waals surface area contributed by atoms with Crippen molar-refractivity contribution in [3.05, 3.63) is 42.0 Å². The number of amides is 2. The summed E-state index contributed by atoms with van der Waals surface area (Å²) >= 11 is 0. The summed E-state index contributed by atoms with van der Waals surface area (Å²) in [4.78, 5) is 28.7. The first-order valence-corrected chi connectivity index (χ1v) is 10.6. The summed E-state index contributed by atoms with van der Waals surface area (Å²) in [5, 5.41) is 20.6. The van der Waals surface area contributed by atoms with Crippen LogP contribution in [0.1, 0.15) is 44.6 Å². The normalized spacial score (nSPS) is 32.1. The van der Waals surface area contributed by atoms with E-state index in [0.29, 0.717) is 29.5 Å². The van der Waals surface area contributed by atoms with Crippen LogP contribution >= 0.6 is 0 Å². The van der Waals surface area contributed by atoms with E-state index in [0.717, 1.165) is 24.6 Å². The SMILES string of the molecule is CCCC12CCC(CCO)(O1)[C@H]1C(=O)N(c3ccc(C#N)c4ccccc34)C(=O)[C@H]12. The van der Waals surface area contributed by atoms with Crippen molar-refractivity contribution in [2.24, 2.45) is 11.8 Å². The average molecular weight is 404 g/mol. The van der Waals surface area contributed by atoms with Crippen LogP contribution in [0.2, 0.25) is 0 Å². The summed E-state index contributed by atoms with van der Waals surface area (Å²) < 4.78 is 6.47. The van der Waals surface area contributed by atoms with Crippen LogP contribution in [0.4, 0.5) is 5.69 Å². The van der Waals surface area contributed by atoms with Gasteiger partial charge < -0.3 is 9.84 Å². The zero-order valence-corrected chi connectivity index (χ0v) is 16.9. The molecule has 3 aliphatic rings. The van der Waals surface area contributed by atoms with Crippen LogP contribution in [-0.2, 0) is 14.3 Å². The van der Waals surface area contributed by atoms with Gasteiger partial charge in [-0.2, -0.15) is 5.26 Å². The van der Waals surface area contributed by atoms with Gasteiger partial charge in [0.05, 0.1) is 40.4 Å². The molecule has 5 rings (SSSR count). The summed E-state index contributed by atoms with van der Waals surface area (Å²) in [5.41, 5.74) is -0.354. The summed E-state index contributed by atoms with van der Waals surface area (Å²) in [6.07, 6.45) is 3.38. The van der Waals surface area contributed by atoms with Crippen molar-refractivity contribution >= 4 is 28.3 Å². The number of hydrogen-bond donors (Lipinski definition) is 1. The van der Waals surface area contributed by atoms with E-state index in [1.807, 2.05) is 24.3 Å². The molecule has 3 heterocycles. The number of carbonyl (C=O) groups excluding carboxylic acids is 2. The number of ether oxygens (including phenoxy) is 1. The molecule has 0 saturated carbocycles. The second kappa shape index (κ2) is 6.63. The van der Waals surface area contributed by atoms with Crippen LogP contribution < -0.4 is 4.90 Å². The number of nitriles is 1. The molecular weight excluding hydrogens is 380 g/mol. The largest absolute Gasteiger partial charge is 0.396 e. The number of nitrogens with zero attached hydrogens (tertiary/aromatic N) is 2. The molecule has 6 heteroatoms. The Morgan fingerprint density at radius 1 is 1.07 bits per heavy atom. The van der Waals surface area contributed by atoms with Crippen molar-refractivity contribution < 1.29 is 19.4 Å². The first kappa shape index (κ1) is 19.2. The van der Waals surface area contributed by atoms with Gasteiger partial charge in [-0.05, 0) is 31.4 Å². The van der Waals surface area contributed by atoms with Crippen molar-refractivity contribution in [2.75, 3.05) is 11.5 Å². The zero-order chi connectivity index (χ0) is 21.1. The quantitative estimate of drug-likeness (QED) is 0.772. The first-order chi connectivity index (χ1) is 14.5. The third-order valence-corrected chi connectivity index (χ3v) is 7.29. The van der Waals surface area contributed by atoms with Gasteiger partial charge in [0.15, 0.2) is 0 Å². The minimum Gasteiger partial charge on any atom is -0.396 e. The Morgan fingerprint density at radius 2 is 1.70 bits per heavy atom. The molecular formula is C24H24N2O4. The number of carbonyl (C=O) groups is 2. The number of benzene rings is 2. The van der Waals surface area contributed by atoms with Crippen molar-refractivity contribution in [1.82, 2.24) is 0 Å². The Balaban J connectivity index is 1.66. The lowest BCUT2D eigenvalue weighted by atomic mass is 9.65. The molecule has 0 spiro atoms. The van der Waals surface area contributed by atoms with Gasteiger partial charge >= 0.3 is 0 Å². The molecule has 2 aromatic rings. The molecule has 0 aromatic heterocycles. The average Bonchev–Trinajstić information content (AvgIpc) is 3.34. The number of rotatable bonds is 5. The van der Waals surface area contributed by atoms with Crippen molar-refractivity contribution in [3.8, 4) is 6.07 Å². The number of hydrogen-bond acceptors (Lipinski definition) is 5. The van der Waals surface area contributed by atoms with Crippen LogP contribution in [0.5, 0.6) is 0 Å².